The maximum Gasteiger partial charge on any atom is 0.416 e. The van der Waals surface area contributed by atoms with Crippen molar-refractivity contribution in [3.05, 3.63) is 53.7 Å². The lowest BCUT2D eigenvalue weighted by Crippen LogP contribution is -2.38. The first-order valence-corrected chi connectivity index (χ1v) is 13.0. The third-order valence-corrected chi connectivity index (χ3v) is 8.14. The first kappa shape index (κ1) is 25.4. The van der Waals surface area contributed by atoms with Gasteiger partial charge in [-0.3, -0.25) is 0 Å². The van der Waals surface area contributed by atoms with Crippen LogP contribution in [0.3, 0.4) is 0 Å². The summed E-state index contributed by atoms with van der Waals surface area (Å²) in [4.78, 5) is 13.8. The van der Waals surface area contributed by atoms with E-state index >= 15 is 0 Å². The molecule has 0 atom stereocenters. The number of fused-ring (bicyclic) bond motifs is 1. The van der Waals surface area contributed by atoms with E-state index in [0.717, 1.165) is 54.7 Å². The van der Waals surface area contributed by atoms with E-state index in [4.69, 9.17) is 0 Å². The van der Waals surface area contributed by atoms with Crippen molar-refractivity contribution in [3.63, 3.8) is 0 Å². The van der Waals surface area contributed by atoms with E-state index in [9.17, 15) is 26.0 Å². The van der Waals surface area contributed by atoms with E-state index in [2.05, 4.69) is 24.6 Å². The van der Waals surface area contributed by atoms with Crippen molar-refractivity contribution in [2.24, 2.45) is 5.92 Å². The Bertz CT molecular complexity index is 1270. The van der Waals surface area contributed by atoms with Crippen molar-refractivity contribution in [2.45, 2.75) is 44.3 Å². The van der Waals surface area contributed by atoms with Crippen LogP contribution in [0.4, 0.5) is 23.4 Å². The van der Waals surface area contributed by atoms with Crippen molar-refractivity contribution >= 4 is 26.9 Å². The molecule has 2 N–H and O–H groups in total. The fourth-order valence-electron chi connectivity index (χ4n) is 4.65. The average molecular weight is 514 g/mol. The zero-order valence-corrected chi connectivity index (χ0v) is 20.0. The van der Waals surface area contributed by atoms with Crippen LogP contribution in [0.25, 0.3) is 11.0 Å². The molecule has 7 nitrogen and oxygen atoms in total. The van der Waals surface area contributed by atoms with Gasteiger partial charge < -0.3 is 9.88 Å². The molecule has 4 rings (SSSR count). The van der Waals surface area contributed by atoms with Gasteiger partial charge in [0.1, 0.15) is 23.6 Å². The zero-order chi connectivity index (χ0) is 25.2. The highest BCUT2D eigenvalue weighted by Crippen LogP contribution is 2.32. The Labute approximate surface area is 201 Å². The molecule has 12 heteroatoms. The van der Waals surface area contributed by atoms with E-state index in [0.29, 0.717) is 6.07 Å². The molecule has 0 saturated heterocycles. The van der Waals surface area contributed by atoms with Gasteiger partial charge in [-0.1, -0.05) is 6.07 Å². The fraction of sp³-hybridized carbons (Fsp3) is 0.478. The molecule has 1 aromatic carbocycles. The van der Waals surface area contributed by atoms with Crippen LogP contribution >= 0.6 is 0 Å². The average Bonchev–Trinajstić information content (AvgIpc) is 3.28. The number of aromatic amines is 1. The normalized spacial score (nSPS) is 19.2. The number of alkyl halides is 3. The zero-order valence-electron chi connectivity index (χ0n) is 19.1. The number of nitrogens with one attached hydrogen (secondary N) is 2. The highest BCUT2D eigenvalue weighted by atomic mass is 32.2. The molecule has 2 heterocycles. The number of nitrogens with zero attached hydrogens (tertiary/aromatic N) is 3. The van der Waals surface area contributed by atoms with Crippen LogP contribution in [0.1, 0.15) is 36.8 Å². The Morgan fingerprint density at radius 1 is 1.14 bits per heavy atom. The smallest absolute Gasteiger partial charge is 0.356 e. The molecule has 1 saturated carbocycles. The lowest BCUT2D eigenvalue weighted by Gasteiger charge is -2.35. The lowest BCUT2D eigenvalue weighted by molar-refractivity contribution is -0.137. The number of hydrogen-bond donors (Lipinski definition) is 2. The van der Waals surface area contributed by atoms with E-state index in [1.165, 1.54) is 6.33 Å². The molecule has 0 bridgehead atoms. The summed E-state index contributed by atoms with van der Waals surface area (Å²) in [6, 6.07) is 4.44. The number of sulfonamides is 1. The maximum atomic E-state index is 14.0. The van der Waals surface area contributed by atoms with Gasteiger partial charge in [-0.2, -0.15) is 13.2 Å². The molecule has 0 spiro atoms. The summed E-state index contributed by atoms with van der Waals surface area (Å²) in [6.45, 7) is -0.0803. The number of anilines is 1. The number of aromatic nitrogens is 3. The Morgan fingerprint density at radius 2 is 1.89 bits per heavy atom. The number of hydrogen-bond acceptors (Lipinski definition) is 5. The molecular formula is C23H27F4N5O2S. The van der Waals surface area contributed by atoms with E-state index < -0.39 is 27.6 Å². The van der Waals surface area contributed by atoms with Crippen LogP contribution in [-0.2, 0) is 22.6 Å². The van der Waals surface area contributed by atoms with Gasteiger partial charge >= 0.3 is 6.18 Å². The summed E-state index contributed by atoms with van der Waals surface area (Å²) >= 11 is 0. The second kappa shape index (κ2) is 10.1. The Morgan fingerprint density at radius 3 is 2.57 bits per heavy atom. The third-order valence-electron chi connectivity index (χ3n) is 6.58. The minimum atomic E-state index is -4.63. The number of benzene rings is 1. The van der Waals surface area contributed by atoms with Crippen LogP contribution in [-0.4, -0.2) is 48.8 Å². The van der Waals surface area contributed by atoms with Crippen molar-refractivity contribution in [3.8, 4) is 0 Å². The molecule has 0 amide bonds. The predicted molar refractivity (Wildman–Crippen MR) is 125 cm³/mol. The molecule has 1 fully saturated rings. The molecule has 0 radical (unpaired) electrons. The van der Waals surface area contributed by atoms with Gasteiger partial charge in [0.05, 0.1) is 16.7 Å². The molecule has 0 unspecified atom stereocenters. The summed E-state index contributed by atoms with van der Waals surface area (Å²) in [5, 5.41) is 0.938. The number of halogens is 4. The Hall–Kier alpha value is -2.73. The van der Waals surface area contributed by atoms with Crippen LogP contribution in [0.2, 0.25) is 0 Å². The van der Waals surface area contributed by atoms with Gasteiger partial charge in [-0.15, -0.1) is 0 Å². The molecule has 0 aliphatic heterocycles. The monoisotopic (exact) mass is 513 g/mol. The molecule has 2 aromatic heterocycles. The van der Waals surface area contributed by atoms with Crippen LogP contribution in [0.5, 0.6) is 0 Å². The van der Waals surface area contributed by atoms with Gasteiger partial charge in [-0.25, -0.2) is 27.5 Å². The summed E-state index contributed by atoms with van der Waals surface area (Å²) in [5.41, 5.74) is -0.271. The summed E-state index contributed by atoms with van der Waals surface area (Å²) < 4.78 is 79.5. The van der Waals surface area contributed by atoms with Gasteiger partial charge in [-0.05, 0) is 61.8 Å². The summed E-state index contributed by atoms with van der Waals surface area (Å²) in [7, 11) is -1.61. The van der Waals surface area contributed by atoms with Crippen molar-refractivity contribution in [1.29, 1.82) is 0 Å². The predicted octanol–water partition coefficient (Wildman–Crippen LogP) is 4.27. The van der Waals surface area contributed by atoms with Gasteiger partial charge in [0.2, 0.25) is 10.0 Å². The first-order chi connectivity index (χ1) is 16.5. The molecule has 190 valence electrons. The molecule has 35 heavy (non-hydrogen) atoms. The number of H-pyrrole nitrogens is 1. The molecule has 1 aliphatic carbocycles. The summed E-state index contributed by atoms with van der Waals surface area (Å²) in [5.74, 6) is -0.196. The lowest BCUT2D eigenvalue weighted by atomic mass is 9.86. The van der Waals surface area contributed by atoms with Gasteiger partial charge in [0.15, 0.2) is 0 Å². The topological polar surface area (TPSA) is 91.0 Å². The van der Waals surface area contributed by atoms with Crippen molar-refractivity contribution in [1.82, 2.24) is 19.7 Å². The van der Waals surface area contributed by atoms with E-state index in [1.807, 2.05) is 19.3 Å². The Kier molecular flexibility index (Phi) is 7.32. The van der Waals surface area contributed by atoms with Crippen LogP contribution in [0, 0.1) is 11.7 Å². The quantitative estimate of drug-likeness (QED) is 0.439. The van der Waals surface area contributed by atoms with Crippen molar-refractivity contribution in [2.75, 3.05) is 24.2 Å². The van der Waals surface area contributed by atoms with Crippen LogP contribution in [0.15, 0.2) is 36.8 Å². The first-order valence-electron chi connectivity index (χ1n) is 11.4. The third kappa shape index (κ3) is 6.10. The van der Waals surface area contributed by atoms with E-state index in [-0.39, 0.29) is 36.2 Å². The standard InChI is InChI=1S/C23H27F4N5O2S/c1-32(22-19-9-10-28-21(19)29-14-30-22)18-6-2-15(3-7-18)13-35(33,34)31-11-8-16-4-5-17(12-20(16)24)23(25,26)27/h4-5,9-10,12,14-15,18,31H,2-3,6-8,11,13H2,1H3,(H,28,29,30). The number of rotatable bonds is 8. The SMILES string of the molecule is CN(c1ncnc2[nH]ccc12)C1CCC(CS(=O)(=O)NCCc2ccc(C(F)(F)F)cc2F)CC1. The highest BCUT2D eigenvalue weighted by Gasteiger charge is 2.31. The fourth-order valence-corrected chi connectivity index (χ4v) is 6.13. The van der Waals surface area contributed by atoms with E-state index in [1.54, 1.807) is 0 Å². The second-order valence-corrected chi connectivity index (χ2v) is 10.8. The largest absolute Gasteiger partial charge is 0.416 e. The minimum Gasteiger partial charge on any atom is -0.356 e. The molecular weight excluding hydrogens is 486 g/mol. The Balaban J connectivity index is 1.26. The van der Waals surface area contributed by atoms with Gasteiger partial charge in [0.25, 0.3) is 0 Å². The van der Waals surface area contributed by atoms with Crippen molar-refractivity contribution < 1.29 is 26.0 Å². The van der Waals surface area contributed by atoms with Crippen LogP contribution < -0.4 is 9.62 Å². The molecule has 1 aliphatic rings. The maximum absolute atomic E-state index is 14.0. The highest BCUT2D eigenvalue weighted by molar-refractivity contribution is 7.89. The minimum absolute atomic E-state index is 0.00219. The molecule has 3 aromatic rings. The second-order valence-electron chi connectivity index (χ2n) is 8.95. The van der Waals surface area contributed by atoms with Gasteiger partial charge in [0, 0.05) is 25.8 Å². The summed E-state index contributed by atoms with van der Waals surface area (Å²) in [6.07, 6.45) is 1.80.